The number of hydrogen-bond donors (Lipinski definition) is 1. The van der Waals surface area contributed by atoms with Crippen LogP contribution in [0, 0.1) is 25.8 Å². The number of phenolic OH excluding ortho intramolecular Hbond substituents is 1. The molecule has 0 amide bonds. The summed E-state index contributed by atoms with van der Waals surface area (Å²) in [7, 11) is 0. The van der Waals surface area contributed by atoms with Crippen LogP contribution < -0.4 is 0 Å². The third kappa shape index (κ3) is 10.2. The average Bonchev–Trinajstić information content (AvgIpc) is 2.99. The number of phenols is 1. The van der Waals surface area contributed by atoms with Crippen LogP contribution in [0.15, 0.2) is 95.6 Å². The molecule has 1 N–H and O–H groups in total. The topological polar surface area (TPSA) is 20.2 Å². The van der Waals surface area contributed by atoms with Gasteiger partial charge in [-0.15, -0.1) is 31.7 Å². The average molecular weight is 530 g/mol. The van der Waals surface area contributed by atoms with Crippen LogP contribution in [0.2, 0.25) is 0 Å². The quantitative estimate of drug-likeness (QED) is 0.261. The van der Waals surface area contributed by atoms with Crippen molar-refractivity contribution in [2.24, 2.45) is 5.92 Å². The number of aryl methyl sites for hydroxylation is 2. The van der Waals surface area contributed by atoms with Crippen molar-refractivity contribution in [1.82, 2.24) is 0 Å². The fourth-order valence-corrected chi connectivity index (χ4v) is 4.01. The summed E-state index contributed by atoms with van der Waals surface area (Å²) in [5.74, 6) is 0.914. The predicted molar refractivity (Wildman–Crippen MR) is 148 cm³/mol. The Labute approximate surface area is 229 Å². The van der Waals surface area contributed by atoms with Gasteiger partial charge >= 0.3 is 95.6 Å². The van der Waals surface area contributed by atoms with E-state index in [1.165, 1.54) is 31.7 Å². The Bertz CT molecular complexity index is 1010. The van der Waals surface area contributed by atoms with Gasteiger partial charge in [0.1, 0.15) is 5.75 Å². The summed E-state index contributed by atoms with van der Waals surface area (Å²) >= 11 is 2.16. The standard InChI is InChI=1S/C13H10.C9H13.C8H10O.2ClH.Ti/c1-3-7-12(8-4-1)11-13-9-5-2-6-10-13;1-6-5-7(2)9(4)8(6)3;1-6-3-7(2)5-8(9)4-6;;;/h1-10H;6H,1-4H3;3-5,9H,1-2H3;2*1H;/q;-1;;;;+1. The first kappa shape index (κ1) is 32.1. The first-order chi connectivity index (χ1) is 15.2. The van der Waals surface area contributed by atoms with E-state index < -0.39 is 0 Å². The molecule has 0 aromatic heterocycles. The first-order valence-electron chi connectivity index (χ1n) is 10.9. The first-order valence-corrected chi connectivity index (χ1v) is 11.7. The zero-order valence-corrected chi connectivity index (χ0v) is 24.0. The fourth-order valence-electron chi connectivity index (χ4n) is 3.49. The molecule has 0 saturated carbocycles. The van der Waals surface area contributed by atoms with E-state index in [2.05, 4.69) is 102 Å². The third-order valence-electron chi connectivity index (χ3n) is 5.57. The molecule has 0 bridgehead atoms. The van der Waals surface area contributed by atoms with Crippen molar-refractivity contribution in [3.05, 3.63) is 124 Å². The van der Waals surface area contributed by atoms with E-state index in [4.69, 9.17) is 5.11 Å². The minimum atomic E-state index is 0. The van der Waals surface area contributed by atoms with Gasteiger partial charge in [0.2, 0.25) is 0 Å². The molecule has 0 radical (unpaired) electrons. The third-order valence-corrected chi connectivity index (χ3v) is 6.47. The second kappa shape index (κ2) is 15.9. The summed E-state index contributed by atoms with van der Waals surface area (Å²) < 4.78 is 1.33. The molecule has 1 aliphatic carbocycles. The molecule has 0 aliphatic heterocycles. The Morgan fingerprint density at radius 1 is 0.735 bits per heavy atom. The van der Waals surface area contributed by atoms with Gasteiger partial charge in [0.15, 0.2) is 0 Å². The molecular weight excluding hydrogens is 495 g/mol. The second-order valence-electron chi connectivity index (χ2n) is 8.25. The van der Waals surface area contributed by atoms with E-state index in [9.17, 15) is 0 Å². The summed E-state index contributed by atoms with van der Waals surface area (Å²) in [6.07, 6.45) is 3.36. The molecule has 4 heteroatoms. The summed E-state index contributed by atoms with van der Waals surface area (Å²) in [6.45, 7) is 12.6. The van der Waals surface area contributed by atoms with Crippen molar-refractivity contribution >= 4 is 28.6 Å². The van der Waals surface area contributed by atoms with E-state index in [0.717, 1.165) is 11.1 Å². The number of allylic oxidation sites excluding steroid dienone is 4. The maximum atomic E-state index is 8.99. The van der Waals surface area contributed by atoms with Crippen LogP contribution in [-0.2, 0) is 20.0 Å². The van der Waals surface area contributed by atoms with E-state index in [1.54, 1.807) is 12.1 Å². The van der Waals surface area contributed by atoms with Crippen LogP contribution in [0.25, 0.3) is 0 Å². The number of benzene rings is 3. The van der Waals surface area contributed by atoms with Crippen molar-refractivity contribution in [3.63, 3.8) is 0 Å². The van der Waals surface area contributed by atoms with Gasteiger partial charge in [-0.1, -0.05) is 32.8 Å². The van der Waals surface area contributed by atoms with Gasteiger partial charge in [-0.3, -0.25) is 6.08 Å². The number of rotatable bonds is 2. The molecule has 0 heterocycles. The van der Waals surface area contributed by atoms with E-state index in [1.807, 2.05) is 32.0 Å². The van der Waals surface area contributed by atoms with Crippen molar-refractivity contribution in [2.45, 2.75) is 41.5 Å². The van der Waals surface area contributed by atoms with Crippen molar-refractivity contribution in [3.8, 4) is 5.75 Å². The van der Waals surface area contributed by atoms with Crippen molar-refractivity contribution in [1.29, 1.82) is 0 Å². The molecule has 1 nitrogen and oxygen atoms in total. The molecule has 1 atom stereocenters. The summed E-state index contributed by atoms with van der Waals surface area (Å²) in [5, 5.41) is 8.99. The van der Waals surface area contributed by atoms with Crippen molar-refractivity contribution < 1.29 is 25.1 Å². The van der Waals surface area contributed by atoms with Crippen LogP contribution in [0.4, 0.5) is 0 Å². The van der Waals surface area contributed by atoms with E-state index >= 15 is 0 Å². The molecular formula is C30H35Cl2OTi. The van der Waals surface area contributed by atoms with Gasteiger partial charge < -0.3 is 5.11 Å². The Kier molecular flexibility index (Phi) is 15.0. The molecule has 3 aromatic rings. The zero-order chi connectivity index (χ0) is 23.7. The predicted octanol–water partition coefficient (Wildman–Crippen LogP) is 8.38. The Morgan fingerprint density at radius 3 is 1.41 bits per heavy atom. The summed E-state index contributed by atoms with van der Waals surface area (Å²) in [4.78, 5) is 0. The van der Waals surface area contributed by atoms with Gasteiger partial charge in [-0.25, -0.2) is 5.57 Å². The van der Waals surface area contributed by atoms with Gasteiger partial charge in [0.25, 0.3) is 0 Å². The summed E-state index contributed by atoms with van der Waals surface area (Å²) in [5.41, 5.74) is 9.03. The molecule has 1 unspecified atom stereocenters. The Morgan fingerprint density at radius 2 is 1.15 bits per heavy atom. The minimum absolute atomic E-state index is 0. The Balaban J connectivity index is 0.000000485. The molecule has 1 aliphatic rings. The van der Waals surface area contributed by atoms with Gasteiger partial charge in [-0.2, -0.15) is 11.1 Å². The molecule has 4 rings (SSSR count). The summed E-state index contributed by atoms with van der Waals surface area (Å²) in [6, 6.07) is 26.5. The molecule has 0 saturated heterocycles. The van der Waals surface area contributed by atoms with Crippen LogP contribution in [0.3, 0.4) is 0 Å². The molecule has 0 spiro atoms. The molecule has 0 fully saturated rings. The van der Waals surface area contributed by atoms with Gasteiger partial charge in [-0.05, 0) is 37.1 Å². The van der Waals surface area contributed by atoms with Crippen LogP contribution in [0.5, 0.6) is 5.75 Å². The molecule has 179 valence electrons. The molecule has 34 heavy (non-hydrogen) atoms. The van der Waals surface area contributed by atoms with E-state index in [0.29, 0.717) is 11.7 Å². The number of halogens is 2. The SMILES string of the molecule is CC1=[C-]C(C)C(C)=C1C.Cc1cc(C)cc(O)c1.Cl.Cl.[Ti+]=[C](c1ccccc1)c1ccccc1. The van der Waals surface area contributed by atoms with Gasteiger partial charge in [0.05, 0.1) is 0 Å². The number of aromatic hydroxyl groups is 1. The van der Waals surface area contributed by atoms with Crippen LogP contribution in [0.1, 0.15) is 49.9 Å². The van der Waals surface area contributed by atoms with Crippen LogP contribution >= 0.6 is 24.8 Å². The van der Waals surface area contributed by atoms with Gasteiger partial charge in [0, 0.05) is 0 Å². The molecule has 3 aromatic carbocycles. The monoisotopic (exact) mass is 529 g/mol. The normalized spacial score (nSPS) is 13.8. The van der Waals surface area contributed by atoms with Crippen molar-refractivity contribution in [2.75, 3.05) is 0 Å². The zero-order valence-electron chi connectivity index (χ0n) is 20.8. The Hall–Kier alpha value is -1.90. The number of hydrogen-bond acceptors (Lipinski definition) is 1. The second-order valence-corrected chi connectivity index (χ2v) is 9.03. The fraction of sp³-hybridized carbons (Fsp3) is 0.233. The maximum absolute atomic E-state index is 8.99. The van der Waals surface area contributed by atoms with Crippen LogP contribution in [-0.4, -0.2) is 8.92 Å². The van der Waals surface area contributed by atoms with E-state index in [-0.39, 0.29) is 24.8 Å².